The highest BCUT2D eigenvalue weighted by molar-refractivity contribution is 7.89. The number of halogens is 6. The highest BCUT2D eigenvalue weighted by atomic mass is 32.2. The predicted molar refractivity (Wildman–Crippen MR) is 156 cm³/mol. The third-order valence-electron chi connectivity index (χ3n) is 7.55. The quantitative estimate of drug-likeness (QED) is 0.259. The molecule has 0 radical (unpaired) electrons. The lowest BCUT2D eigenvalue weighted by atomic mass is 10.1. The number of alkyl halides is 6. The maximum absolute atomic E-state index is 13.7. The molecule has 2 fully saturated rings. The highest BCUT2D eigenvalue weighted by Crippen LogP contribution is 2.38. The molecule has 19 heteroatoms. The number of amides is 1. The van der Waals surface area contributed by atoms with Crippen LogP contribution in [0, 0.1) is 0 Å². The van der Waals surface area contributed by atoms with Gasteiger partial charge in [-0.15, -0.1) is 13.2 Å². The average Bonchev–Trinajstić information content (AvgIpc) is 3.77. The third kappa shape index (κ3) is 7.20. The molecule has 2 aromatic heterocycles. The van der Waals surface area contributed by atoms with Crippen molar-refractivity contribution in [2.24, 2.45) is 0 Å². The summed E-state index contributed by atoms with van der Waals surface area (Å²) < 4.78 is 109. The Bertz CT molecular complexity index is 1960. The number of thiazole rings is 1. The van der Waals surface area contributed by atoms with Crippen molar-refractivity contribution in [2.75, 3.05) is 24.5 Å². The smallest absolute Gasteiger partial charge is 0.406 e. The number of sulfonamides is 1. The number of aromatic amines is 1. The van der Waals surface area contributed by atoms with Crippen molar-refractivity contribution in [3.63, 3.8) is 0 Å². The molecule has 3 heterocycles. The van der Waals surface area contributed by atoms with E-state index in [0.29, 0.717) is 28.7 Å². The predicted octanol–water partition coefficient (Wildman–Crippen LogP) is 4.37. The van der Waals surface area contributed by atoms with E-state index in [1.165, 1.54) is 12.1 Å². The fraction of sp³-hybridized carbons (Fsp3) is 0.357. The topological polar surface area (TPSA) is 138 Å². The second kappa shape index (κ2) is 12.1. The second-order valence-electron chi connectivity index (χ2n) is 10.9. The molecule has 1 amide bonds. The van der Waals surface area contributed by atoms with Gasteiger partial charge in [0.1, 0.15) is 22.3 Å². The Morgan fingerprint density at radius 3 is 2.30 bits per heavy atom. The first kappa shape index (κ1) is 32.7. The first-order valence-electron chi connectivity index (χ1n) is 14.1. The van der Waals surface area contributed by atoms with Gasteiger partial charge < -0.3 is 19.9 Å². The maximum Gasteiger partial charge on any atom is 0.573 e. The van der Waals surface area contributed by atoms with E-state index in [4.69, 9.17) is 0 Å². The molecule has 6 rings (SSSR count). The molecule has 47 heavy (non-hydrogen) atoms. The summed E-state index contributed by atoms with van der Waals surface area (Å²) in [5, 5.41) is 2.90. The van der Waals surface area contributed by atoms with Crippen molar-refractivity contribution >= 4 is 42.7 Å². The number of hydrogen-bond donors (Lipinski definition) is 2. The van der Waals surface area contributed by atoms with Gasteiger partial charge in [0.25, 0.3) is 5.56 Å². The van der Waals surface area contributed by atoms with Crippen molar-refractivity contribution < 1.29 is 44.3 Å². The standard InChI is InChI=1S/C28H24F6N6O5S2/c29-27(30,31)17-5-9-19(10-6-17)47(43,44)40-12-11-39(26-38-23-21(46-26)25(42)37-22(36-23)16-3-4-16)14-20(40)24(41)35-13-15-1-7-18(8-2-15)45-28(32,33)34/h1-2,5-10,16,20H,3-4,11-14H2,(H,35,41)(H,36,37,42)/t20-/m1/s1. The molecule has 1 aliphatic heterocycles. The SMILES string of the molecule is O=C(NCc1ccc(OC(F)(F)F)cc1)[C@H]1CN(c2nc3nc(C4CC4)[nH]c(=O)c3s2)CCN1S(=O)(=O)c1ccc(C(F)(F)F)cc1. The van der Waals surface area contributed by atoms with E-state index in [9.17, 15) is 44.3 Å². The zero-order valence-electron chi connectivity index (χ0n) is 23.9. The fourth-order valence-electron chi connectivity index (χ4n) is 5.03. The van der Waals surface area contributed by atoms with Gasteiger partial charge in [-0.2, -0.15) is 22.5 Å². The van der Waals surface area contributed by atoms with Crippen LogP contribution in [0.15, 0.2) is 58.2 Å². The monoisotopic (exact) mass is 702 g/mol. The number of aromatic nitrogens is 3. The molecule has 2 N–H and O–H groups in total. The van der Waals surface area contributed by atoms with Crippen LogP contribution in [0.5, 0.6) is 5.75 Å². The lowest BCUT2D eigenvalue weighted by molar-refractivity contribution is -0.274. The molecule has 0 bridgehead atoms. The Morgan fingerprint density at radius 2 is 1.68 bits per heavy atom. The zero-order valence-corrected chi connectivity index (χ0v) is 25.6. The van der Waals surface area contributed by atoms with Gasteiger partial charge in [0.2, 0.25) is 15.9 Å². The zero-order chi connectivity index (χ0) is 33.7. The van der Waals surface area contributed by atoms with Crippen molar-refractivity contribution in [1.82, 2.24) is 24.6 Å². The summed E-state index contributed by atoms with van der Waals surface area (Å²) in [5.41, 5.74) is -0.827. The number of benzene rings is 2. The summed E-state index contributed by atoms with van der Waals surface area (Å²) in [7, 11) is -4.50. The molecule has 1 saturated heterocycles. The number of rotatable bonds is 8. The maximum atomic E-state index is 13.7. The van der Waals surface area contributed by atoms with Crippen molar-refractivity contribution in [3.05, 3.63) is 75.8 Å². The molecule has 0 spiro atoms. The first-order valence-corrected chi connectivity index (χ1v) is 16.3. The van der Waals surface area contributed by atoms with Gasteiger partial charge in [-0.3, -0.25) is 9.59 Å². The Hall–Kier alpha value is -4.23. The Balaban J connectivity index is 1.26. The molecule has 1 saturated carbocycles. The van der Waals surface area contributed by atoms with Crippen LogP contribution in [-0.4, -0.2) is 65.6 Å². The molecule has 11 nitrogen and oxygen atoms in total. The van der Waals surface area contributed by atoms with Gasteiger partial charge in [-0.1, -0.05) is 23.5 Å². The van der Waals surface area contributed by atoms with Gasteiger partial charge in [0.05, 0.1) is 10.5 Å². The molecular weight excluding hydrogens is 678 g/mol. The molecule has 4 aromatic rings. The minimum Gasteiger partial charge on any atom is -0.406 e. The fourth-order valence-corrected chi connectivity index (χ4v) is 7.54. The molecule has 2 aromatic carbocycles. The Morgan fingerprint density at radius 1 is 1.00 bits per heavy atom. The normalized spacial score (nSPS) is 18.0. The van der Waals surface area contributed by atoms with Gasteiger partial charge >= 0.3 is 12.5 Å². The summed E-state index contributed by atoms with van der Waals surface area (Å²) in [4.78, 5) is 39.1. The van der Waals surface area contributed by atoms with E-state index in [2.05, 4.69) is 25.0 Å². The van der Waals surface area contributed by atoms with E-state index >= 15 is 0 Å². The summed E-state index contributed by atoms with van der Waals surface area (Å²) in [6, 6.07) is 6.15. The molecule has 250 valence electrons. The lowest BCUT2D eigenvalue weighted by Crippen LogP contribution is -2.60. The second-order valence-corrected chi connectivity index (χ2v) is 13.8. The van der Waals surface area contributed by atoms with Crippen LogP contribution in [-0.2, 0) is 27.5 Å². The largest absolute Gasteiger partial charge is 0.573 e. The number of piperazine rings is 1. The Labute approximate surface area is 266 Å². The minimum atomic E-state index is -4.89. The van der Waals surface area contributed by atoms with Crippen LogP contribution in [0.4, 0.5) is 31.5 Å². The van der Waals surface area contributed by atoms with Gasteiger partial charge in [-0.05, 0) is 54.8 Å². The van der Waals surface area contributed by atoms with E-state index in [1.54, 1.807) is 4.90 Å². The Kier molecular flexibility index (Phi) is 8.41. The van der Waals surface area contributed by atoms with Crippen molar-refractivity contribution in [3.8, 4) is 5.75 Å². The number of hydrogen-bond acceptors (Lipinski definition) is 9. The third-order valence-corrected chi connectivity index (χ3v) is 10.6. The summed E-state index contributed by atoms with van der Waals surface area (Å²) in [6.45, 7) is -0.674. The minimum absolute atomic E-state index is 0.0253. The van der Waals surface area contributed by atoms with Gasteiger partial charge in [0.15, 0.2) is 10.8 Å². The van der Waals surface area contributed by atoms with Gasteiger partial charge in [0, 0.05) is 32.1 Å². The highest BCUT2D eigenvalue weighted by Gasteiger charge is 2.41. The van der Waals surface area contributed by atoms with Crippen LogP contribution >= 0.6 is 11.3 Å². The lowest BCUT2D eigenvalue weighted by Gasteiger charge is -2.39. The van der Waals surface area contributed by atoms with E-state index in [-0.39, 0.29) is 48.0 Å². The van der Waals surface area contributed by atoms with Crippen molar-refractivity contribution in [2.45, 2.75) is 48.8 Å². The number of carbonyl (C=O) groups is 1. The number of nitrogens with one attached hydrogen (secondary N) is 2. The van der Waals surface area contributed by atoms with E-state index in [1.807, 2.05) is 0 Å². The summed E-state index contributed by atoms with van der Waals surface area (Å²) in [5.74, 6) is -0.577. The van der Waals surface area contributed by atoms with Crippen LogP contribution in [0.1, 0.15) is 35.7 Å². The number of fused-ring (bicyclic) bond motifs is 1. The number of H-pyrrole nitrogens is 1. The summed E-state index contributed by atoms with van der Waals surface area (Å²) >= 11 is 1.02. The molecule has 1 aliphatic carbocycles. The molecule has 1 atom stereocenters. The molecular formula is C28H24F6N6O5S2. The van der Waals surface area contributed by atoms with Crippen LogP contribution in [0.25, 0.3) is 10.3 Å². The number of nitrogens with zero attached hydrogens (tertiary/aromatic N) is 4. The first-order chi connectivity index (χ1) is 22.1. The molecule has 2 aliphatic rings. The van der Waals surface area contributed by atoms with Crippen LogP contribution in [0.3, 0.4) is 0 Å². The van der Waals surface area contributed by atoms with Gasteiger partial charge in [-0.25, -0.2) is 13.4 Å². The van der Waals surface area contributed by atoms with Crippen LogP contribution in [0.2, 0.25) is 0 Å². The van der Waals surface area contributed by atoms with E-state index < -0.39 is 50.7 Å². The van der Waals surface area contributed by atoms with Crippen molar-refractivity contribution in [1.29, 1.82) is 0 Å². The summed E-state index contributed by atoms with van der Waals surface area (Å²) in [6.07, 6.45) is -7.80. The average molecular weight is 703 g/mol. The number of carbonyl (C=O) groups excluding carboxylic acids is 1. The number of anilines is 1. The number of ether oxygens (including phenoxy) is 1. The van der Waals surface area contributed by atoms with E-state index in [0.717, 1.165) is 52.7 Å². The van der Waals surface area contributed by atoms with Crippen LogP contribution < -0.4 is 20.5 Å². The molecule has 0 unspecified atom stereocenters.